The number of aromatic nitrogens is 2. The van der Waals surface area contributed by atoms with Gasteiger partial charge in [-0.25, -0.2) is 4.68 Å². The van der Waals surface area contributed by atoms with Crippen molar-refractivity contribution >= 4 is 5.82 Å². The van der Waals surface area contributed by atoms with Crippen LogP contribution in [0.3, 0.4) is 0 Å². The van der Waals surface area contributed by atoms with Gasteiger partial charge in [0.05, 0.1) is 12.2 Å². The minimum absolute atomic E-state index is 0.160. The molecule has 0 saturated carbocycles. The van der Waals surface area contributed by atoms with Gasteiger partial charge < -0.3 is 16.4 Å². The van der Waals surface area contributed by atoms with E-state index in [-0.39, 0.29) is 5.41 Å². The van der Waals surface area contributed by atoms with Crippen LogP contribution >= 0.6 is 0 Å². The normalized spacial score (nSPS) is 19.7. The van der Waals surface area contributed by atoms with E-state index in [4.69, 9.17) is 5.73 Å². The third-order valence-electron chi connectivity index (χ3n) is 3.82. The van der Waals surface area contributed by atoms with Gasteiger partial charge in [-0.05, 0) is 18.4 Å². The first kappa shape index (κ1) is 12.4. The van der Waals surface area contributed by atoms with E-state index in [1.54, 1.807) is 0 Å². The monoisotopic (exact) mass is 237 g/mol. The van der Waals surface area contributed by atoms with Crippen LogP contribution in [0.4, 0.5) is 5.82 Å². The molecule has 17 heavy (non-hydrogen) atoms. The summed E-state index contributed by atoms with van der Waals surface area (Å²) in [5, 5.41) is 11.1. The van der Waals surface area contributed by atoms with E-state index >= 15 is 0 Å². The molecule has 2 rings (SSSR count). The van der Waals surface area contributed by atoms with Gasteiger partial charge in [0.2, 0.25) is 0 Å². The Morgan fingerprint density at radius 2 is 2.41 bits per heavy atom. The summed E-state index contributed by atoms with van der Waals surface area (Å²) in [6, 6.07) is 2.53. The van der Waals surface area contributed by atoms with Crippen LogP contribution in [0.1, 0.15) is 26.3 Å². The van der Waals surface area contributed by atoms with Crippen molar-refractivity contribution < 1.29 is 0 Å². The lowest BCUT2D eigenvalue weighted by molar-refractivity contribution is 0.316. The highest BCUT2D eigenvalue weighted by Gasteiger charge is 2.24. The molecule has 1 fully saturated rings. The molecule has 2 heterocycles. The van der Waals surface area contributed by atoms with E-state index in [1.165, 1.54) is 0 Å². The summed E-state index contributed by atoms with van der Waals surface area (Å²) in [5.41, 5.74) is 5.98. The van der Waals surface area contributed by atoms with E-state index in [9.17, 15) is 0 Å². The SMILES string of the molecule is CCC(C)(CN)CNc1ccnn1C1CNC1. The minimum atomic E-state index is 0.160. The molecule has 5 heteroatoms. The van der Waals surface area contributed by atoms with Crippen LogP contribution in [0.15, 0.2) is 12.3 Å². The van der Waals surface area contributed by atoms with Crippen LogP contribution in [0.25, 0.3) is 0 Å². The number of nitrogens with one attached hydrogen (secondary N) is 2. The van der Waals surface area contributed by atoms with Gasteiger partial charge in [-0.15, -0.1) is 0 Å². The molecular formula is C12H23N5. The van der Waals surface area contributed by atoms with E-state index in [1.807, 2.05) is 12.3 Å². The van der Waals surface area contributed by atoms with Crippen molar-refractivity contribution in [1.29, 1.82) is 0 Å². The number of hydrogen-bond acceptors (Lipinski definition) is 4. The lowest BCUT2D eigenvalue weighted by Gasteiger charge is -2.31. The summed E-state index contributed by atoms with van der Waals surface area (Å²) >= 11 is 0. The molecule has 1 aromatic rings. The van der Waals surface area contributed by atoms with Crippen LogP contribution in [-0.2, 0) is 0 Å². The first-order valence-corrected chi connectivity index (χ1v) is 6.37. The summed E-state index contributed by atoms with van der Waals surface area (Å²) in [6.45, 7) is 8.02. The molecule has 1 saturated heterocycles. The van der Waals surface area contributed by atoms with Crippen molar-refractivity contribution in [2.45, 2.75) is 26.3 Å². The summed E-state index contributed by atoms with van der Waals surface area (Å²) in [4.78, 5) is 0. The predicted molar refractivity (Wildman–Crippen MR) is 70.1 cm³/mol. The summed E-state index contributed by atoms with van der Waals surface area (Å²) < 4.78 is 2.07. The average molecular weight is 237 g/mol. The van der Waals surface area contributed by atoms with E-state index in [0.29, 0.717) is 12.6 Å². The second-order valence-corrected chi connectivity index (χ2v) is 5.19. The lowest BCUT2D eigenvalue weighted by Crippen LogP contribution is -2.44. The fourth-order valence-corrected chi connectivity index (χ4v) is 1.84. The van der Waals surface area contributed by atoms with Crippen molar-refractivity contribution in [3.63, 3.8) is 0 Å². The lowest BCUT2D eigenvalue weighted by atomic mass is 9.88. The third kappa shape index (κ3) is 2.61. The topological polar surface area (TPSA) is 67.9 Å². The van der Waals surface area contributed by atoms with Crippen LogP contribution in [0.5, 0.6) is 0 Å². The zero-order valence-corrected chi connectivity index (χ0v) is 10.7. The zero-order valence-electron chi connectivity index (χ0n) is 10.7. The van der Waals surface area contributed by atoms with E-state index in [2.05, 4.69) is 34.3 Å². The van der Waals surface area contributed by atoms with Gasteiger partial charge in [-0.3, -0.25) is 0 Å². The molecule has 96 valence electrons. The Morgan fingerprint density at radius 3 is 2.94 bits per heavy atom. The molecule has 0 amide bonds. The van der Waals surface area contributed by atoms with Crippen LogP contribution in [0.2, 0.25) is 0 Å². The molecule has 0 bridgehead atoms. The summed E-state index contributed by atoms with van der Waals surface area (Å²) in [7, 11) is 0. The molecule has 0 spiro atoms. The molecule has 1 aromatic heterocycles. The second-order valence-electron chi connectivity index (χ2n) is 5.19. The molecule has 0 radical (unpaired) electrons. The van der Waals surface area contributed by atoms with Crippen molar-refractivity contribution in [3.05, 3.63) is 12.3 Å². The molecule has 5 nitrogen and oxygen atoms in total. The Balaban J connectivity index is 1.96. The largest absolute Gasteiger partial charge is 0.370 e. The zero-order chi connectivity index (χ0) is 12.3. The molecule has 1 aliphatic heterocycles. The predicted octanol–water partition coefficient (Wildman–Crippen LogP) is 0.814. The third-order valence-corrected chi connectivity index (χ3v) is 3.82. The van der Waals surface area contributed by atoms with Crippen molar-refractivity contribution in [2.24, 2.45) is 11.1 Å². The molecule has 1 unspecified atom stereocenters. The Labute approximate surface area is 103 Å². The molecule has 0 aromatic carbocycles. The highest BCUT2D eigenvalue weighted by atomic mass is 15.4. The first-order chi connectivity index (χ1) is 8.18. The molecule has 0 aliphatic carbocycles. The Kier molecular flexibility index (Phi) is 3.69. The number of nitrogens with two attached hydrogens (primary N) is 1. The molecule has 1 aliphatic rings. The fraction of sp³-hybridized carbons (Fsp3) is 0.750. The number of hydrogen-bond donors (Lipinski definition) is 3. The van der Waals surface area contributed by atoms with Gasteiger partial charge in [0.1, 0.15) is 5.82 Å². The second kappa shape index (κ2) is 5.06. The minimum Gasteiger partial charge on any atom is -0.370 e. The number of rotatable bonds is 6. The van der Waals surface area contributed by atoms with Gasteiger partial charge in [0, 0.05) is 25.7 Å². The molecule has 1 atom stereocenters. The average Bonchev–Trinajstić information content (AvgIpc) is 2.72. The highest BCUT2D eigenvalue weighted by Crippen LogP contribution is 2.22. The quantitative estimate of drug-likeness (QED) is 0.685. The van der Waals surface area contributed by atoms with Crippen LogP contribution < -0.4 is 16.4 Å². The Bertz CT molecular complexity index is 352. The smallest absolute Gasteiger partial charge is 0.124 e. The summed E-state index contributed by atoms with van der Waals surface area (Å²) in [6.07, 6.45) is 2.93. The Morgan fingerprint density at radius 1 is 1.65 bits per heavy atom. The van der Waals surface area contributed by atoms with Gasteiger partial charge in [-0.2, -0.15) is 5.10 Å². The van der Waals surface area contributed by atoms with Gasteiger partial charge >= 0.3 is 0 Å². The fourth-order valence-electron chi connectivity index (χ4n) is 1.84. The molecule has 4 N–H and O–H groups in total. The number of nitrogens with zero attached hydrogens (tertiary/aromatic N) is 2. The van der Waals surface area contributed by atoms with Crippen molar-refractivity contribution in [2.75, 3.05) is 31.5 Å². The van der Waals surface area contributed by atoms with Crippen molar-refractivity contribution in [3.8, 4) is 0 Å². The van der Waals surface area contributed by atoms with Crippen molar-refractivity contribution in [1.82, 2.24) is 15.1 Å². The standard InChI is InChI=1S/C12H23N5/c1-3-12(2,8-13)9-15-11-4-5-16-17(11)10-6-14-7-10/h4-5,10,14-15H,3,6-9,13H2,1-2H3. The van der Waals surface area contributed by atoms with E-state index in [0.717, 1.165) is 31.9 Å². The highest BCUT2D eigenvalue weighted by molar-refractivity contribution is 5.35. The van der Waals surface area contributed by atoms with Crippen LogP contribution in [-0.4, -0.2) is 36.0 Å². The number of anilines is 1. The van der Waals surface area contributed by atoms with Gasteiger partial charge in [0.25, 0.3) is 0 Å². The Hall–Kier alpha value is -1.07. The van der Waals surface area contributed by atoms with E-state index < -0.39 is 0 Å². The maximum absolute atomic E-state index is 5.82. The van der Waals surface area contributed by atoms with Gasteiger partial charge in [0.15, 0.2) is 0 Å². The molecular weight excluding hydrogens is 214 g/mol. The maximum atomic E-state index is 5.82. The maximum Gasteiger partial charge on any atom is 0.124 e. The first-order valence-electron chi connectivity index (χ1n) is 6.37. The summed E-state index contributed by atoms with van der Waals surface area (Å²) in [5.74, 6) is 1.10. The van der Waals surface area contributed by atoms with Gasteiger partial charge in [-0.1, -0.05) is 13.8 Å². The van der Waals surface area contributed by atoms with Crippen LogP contribution in [0, 0.1) is 5.41 Å².